The van der Waals surface area contributed by atoms with Crippen LogP contribution in [0, 0.1) is 5.92 Å². The van der Waals surface area contributed by atoms with E-state index in [2.05, 4.69) is 54.1 Å². The molecular weight excluding hydrogens is 374 g/mol. The highest BCUT2D eigenvalue weighted by Gasteiger charge is 2.23. The zero-order valence-electron chi connectivity index (χ0n) is 18.0. The molecule has 30 heavy (non-hydrogen) atoms. The van der Waals surface area contributed by atoms with Gasteiger partial charge < -0.3 is 4.74 Å². The van der Waals surface area contributed by atoms with Crippen LogP contribution in [-0.4, -0.2) is 28.1 Å². The summed E-state index contributed by atoms with van der Waals surface area (Å²) in [6, 6.07) is 16.4. The number of methoxy groups -OCH3 is 1. The number of pyridine rings is 2. The molecule has 0 aliphatic carbocycles. The second kappa shape index (κ2) is 8.84. The predicted octanol–water partition coefficient (Wildman–Crippen LogP) is 4.00. The fourth-order valence-electron chi connectivity index (χ4n) is 4.18. The zero-order valence-corrected chi connectivity index (χ0v) is 18.0. The van der Waals surface area contributed by atoms with Crippen molar-refractivity contribution in [1.29, 1.82) is 0 Å². The van der Waals surface area contributed by atoms with Crippen LogP contribution < -0.4 is 10.3 Å². The summed E-state index contributed by atoms with van der Waals surface area (Å²) in [6.07, 6.45) is 3.45. The van der Waals surface area contributed by atoms with Crippen molar-refractivity contribution in [3.63, 3.8) is 0 Å². The van der Waals surface area contributed by atoms with Crippen LogP contribution in [0.2, 0.25) is 0 Å². The van der Waals surface area contributed by atoms with Gasteiger partial charge in [-0.15, -0.1) is 0 Å². The third kappa shape index (κ3) is 4.31. The minimum Gasteiger partial charge on any atom is -0.481 e. The van der Waals surface area contributed by atoms with E-state index in [0.29, 0.717) is 11.8 Å². The lowest BCUT2D eigenvalue weighted by atomic mass is 9.97. The Morgan fingerprint density at radius 2 is 1.93 bits per heavy atom. The summed E-state index contributed by atoms with van der Waals surface area (Å²) >= 11 is 0. The first-order valence-corrected chi connectivity index (χ1v) is 10.6. The van der Waals surface area contributed by atoms with Gasteiger partial charge in [-0.05, 0) is 42.0 Å². The first kappa shape index (κ1) is 20.4. The van der Waals surface area contributed by atoms with Gasteiger partial charge in [0.25, 0.3) is 5.56 Å². The summed E-state index contributed by atoms with van der Waals surface area (Å²) in [5.74, 6) is 0.973. The second-order valence-corrected chi connectivity index (χ2v) is 8.39. The molecule has 0 saturated carbocycles. The second-order valence-electron chi connectivity index (χ2n) is 8.39. The number of ether oxygens (including phenoxy) is 1. The monoisotopic (exact) mass is 403 g/mol. The lowest BCUT2D eigenvalue weighted by Gasteiger charge is -2.31. The van der Waals surface area contributed by atoms with E-state index in [1.165, 1.54) is 11.1 Å². The third-order valence-electron chi connectivity index (χ3n) is 5.60. The molecule has 0 N–H and O–H groups in total. The van der Waals surface area contributed by atoms with Gasteiger partial charge in [0.2, 0.25) is 5.88 Å². The van der Waals surface area contributed by atoms with Crippen molar-refractivity contribution < 1.29 is 4.74 Å². The Morgan fingerprint density at radius 3 is 2.60 bits per heavy atom. The van der Waals surface area contributed by atoms with Crippen LogP contribution >= 0.6 is 0 Å². The molecular formula is C25H29N3O2. The highest BCUT2D eigenvalue weighted by Crippen LogP contribution is 2.24. The molecule has 1 aromatic carbocycles. The van der Waals surface area contributed by atoms with E-state index in [9.17, 15) is 4.79 Å². The molecule has 5 heteroatoms. The number of fused-ring (bicyclic) bond motifs is 1. The van der Waals surface area contributed by atoms with Gasteiger partial charge in [0.05, 0.1) is 19.0 Å². The van der Waals surface area contributed by atoms with Gasteiger partial charge in [-0.1, -0.05) is 44.2 Å². The van der Waals surface area contributed by atoms with Crippen LogP contribution in [0.1, 0.15) is 36.2 Å². The maximum absolute atomic E-state index is 13.5. The minimum absolute atomic E-state index is 0.0657. The van der Waals surface area contributed by atoms with Crippen molar-refractivity contribution in [2.75, 3.05) is 13.7 Å². The van der Waals surface area contributed by atoms with Crippen LogP contribution in [0.5, 0.6) is 5.88 Å². The van der Waals surface area contributed by atoms with E-state index in [-0.39, 0.29) is 5.56 Å². The molecule has 0 amide bonds. The van der Waals surface area contributed by atoms with Gasteiger partial charge in [0, 0.05) is 37.0 Å². The maximum atomic E-state index is 13.5. The highest BCUT2D eigenvalue weighted by atomic mass is 16.5. The number of rotatable bonds is 6. The maximum Gasteiger partial charge on any atom is 0.258 e. The number of aromatic nitrogens is 2. The average Bonchev–Trinajstić information content (AvgIpc) is 2.75. The molecule has 2 aromatic heterocycles. The van der Waals surface area contributed by atoms with E-state index >= 15 is 0 Å². The fraction of sp³-hybridized carbons (Fsp3) is 0.360. The van der Waals surface area contributed by atoms with Crippen LogP contribution in [0.15, 0.2) is 59.5 Å². The molecule has 1 aliphatic heterocycles. The molecule has 5 nitrogen and oxygen atoms in total. The van der Waals surface area contributed by atoms with Gasteiger partial charge in [0.1, 0.15) is 0 Å². The normalized spacial score (nSPS) is 14.0. The Hall–Kier alpha value is -2.92. The van der Waals surface area contributed by atoms with Gasteiger partial charge in [-0.25, -0.2) is 4.98 Å². The van der Waals surface area contributed by atoms with Crippen molar-refractivity contribution in [2.45, 2.75) is 39.8 Å². The number of nitrogens with zero attached hydrogens (tertiary/aromatic N) is 3. The van der Waals surface area contributed by atoms with Crippen LogP contribution in [-0.2, 0) is 25.9 Å². The van der Waals surface area contributed by atoms with Gasteiger partial charge >= 0.3 is 0 Å². The lowest BCUT2D eigenvalue weighted by Crippen LogP contribution is -2.37. The topological polar surface area (TPSA) is 47.4 Å². The molecule has 0 radical (unpaired) electrons. The number of hydrogen-bond acceptors (Lipinski definition) is 4. The van der Waals surface area contributed by atoms with Crippen molar-refractivity contribution in [2.24, 2.45) is 5.92 Å². The lowest BCUT2D eigenvalue weighted by molar-refractivity contribution is 0.238. The van der Waals surface area contributed by atoms with E-state index in [1.807, 2.05) is 22.8 Å². The Labute approximate surface area is 178 Å². The average molecular weight is 404 g/mol. The fourth-order valence-corrected chi connectivity index (χ4v) is 4.18. The molecule has 3 heterocycles. The third-order valence-corrected chi connectivity index (χ3v) is 5.60. The first-order valence-electron chi connectivity index (χ1n) is 10.6. The Morgan fingerprint density at radius 1 is 1.13 bits per heavy atom. The van der Waals surface area contributed by atoms with E-state index in [1.54, 1.807) is 13.3 Å². The van der Waals surface area contributed by atoms with Crippen LogP contribution in [0.4, 0.5) is 0 Å². The summed E-state index contributed by atoms with van der Waals surface area (Å²) < 4.78 is 7.07. The standard InChI is InChI=1S/C25H29N3O2/c1-18(2)13-21-14-20-11-12-27(16-19-7-5-4-6-8-19)17-23(20)28(25(21)29)22-9-10-24(30-3)26-15-22/h4-10,14-15,18H,11-13,16-17H2,1-3H3. The Balaban J connectivity index is 1.75. The van der Waals surface area contributed by atoms with E-state index in [0.717, 1.165) is 49.4 Å². The molecule has 156 valence electrons. The largest absolute Gasteiger partial charge is 0.481 e. The quantitative estimate of drug-likeness (QED) is 0.624. The van der Waals surface area contributed by atoms with Crippen molar-refractivity contribution >= 4 is 0 Å². The van der Waals surface area contributed by atoms with Crippen molar-refractivity contribution in [3.05, 3.63) is 87.5 Å². The predicted molar refractivity (Wildman–Crippen MR) is 119 cm³/mol. The highest BCUT2D eigenvalue weighted by molar-refractivity contribution is 5.40. The minimum atomic E-state index is 0.0657. The molecule has 4 rings (SSSR count). The SMILES string of the molecule is COc1ccc(-n2c3c(cc(CC(C)C)c2=O)CCN(Cc2ccccc2)C3)cn1. The van der Waals surface area contributed by atoms with Gasteiger partial charge in [0.15, 0.2) is 0 Å². The van der Waals surface area contributed by atoms with Gasteiger partial charge in [-0.2, -0.15) is 0 Å². The summed E-state index contributed by atoms with van der Waals surface area (Å²) in [7, 11) is 1.60. The summed E-state index contributed by atoms with van der Waals surface area (Å²) in [5.41, 5.74) is 5.38. The molecule has 0 unspecified atom stereocenters. The molecule has 0 spiro atoms. The van der Waals surface area contributed by atoms with E-state index in [4.69, 9.17) is 4.74 Å². The molecule has 0 atom stereocenters. The molecule has 3 aromatic rings. The summed E-state index contributed by atoms with van der Waals surface area (Å²) in [4.78, 5) is 20.2. The summed E-state index contributed by atoms with van der Waals surface area (Å²) in [5, 5.41) is 0. The van der Waals surface area contributed by atoms with Crippen LogP contribution in [0.3, 0.4) is 0 Å². The van der Waals surface area contributed by atoms with Crippen molar-refractivity contribution in [1.82, 2.24) is 14.5 Å². The van der Waals surface area contributed by atoms with Crippen LogP contribution in [0.25, 0.3) is 5.69 Å². The number of benzene rings is 1. The van der Waals surface area contributed by atoms with Crippen molar-refractivity contribution in [3.8, 4) is 11.6 Å². The molecule has 0 bridgehead atoms. The zero-order chi connectivity index (χ0) is 21.1. The smallest absolute Gasteiger partial charge is 0.258 e. The van der Waals surface area contributed by atoms with E-state index < -0.39 is 0 Å². The molecule has 0 saturated heterocycles. The Kier molecular flexibility index (Phi) is 6.00. The first-order chi connectivity index (χ1) is 14.5. The number of hydrogen-bond donors (Lipinski definition) is 0. The molecule has 0 fully saturated rings. The summed E-state index contributed by atoms with van der Waals surface area (Å²) in [6.45, 7) is 6.91. The molecule has 1 aliphatic rings. The van der Waals surface area contributed by atoms with Gasteiger partial charge in [-0.3, -0.25) is 14.3 Å². The Bertz CT molecular complexity index is 1060.